The second-order valence-electron chi connectivity index (χ2n) is 10.2. The lowest BCUT2D eigenvalue weighted by molar-refractivity contribution is -0.384. The number of hydrogen-bond donors (Lipinski definition) is 1. The van der Waals surface area contributed by atoms with E-state index >= 15 is 0 Å². The number of anilines is 1. The molecule has 0 heterocycles. The van der Waals surface area contributed by atoms with E-state index in [1.165, 1.54) is 23.1 Å². The van der Waals surface area contributed by atoms with Crippen molar-refractivity contribution >= 4 is 33.2 Å². The van der Waals surface area contributed by atoms with Gasteiger partial charge in [-0.15, -0.1) is 0 Å². The summed E-state index contributed by atoms with van der Waals surface area (Å²) in [6.45, 7) is -0.559. The molecule has 0 aromatic heterocycles. The van der Waals surface area contributed by atoms with E-state index in [2.05, 4.69) is 5.32 Å². The molecule has 1 fully saturated rings. The van der Waals surface area contributed by atoms with Crippen molar-refractivity contribution in [2.45, 2.75) is 50.7 Å². The molecule has 1 N–H and O–H groups in total. The fourth-order valence-corrected chi connectivity index (χ4v) is 5.92. The highest BCUT2D eigenvalue weighted by molar-refractivity contribution is 7.92. The van der Waals surface area contributed by atoms with Crippen molar-refractivity contribution in [3.05, 3.63) is 106 Å². The molecule has 4 rings (SSSR count). The normalized spacial score (nSPS) is 14.3. The highest BCUT2D eigenvalue weighted by atomic mass is 32.2. The molecule has 0 aliphatic heterocycles. The molecule has 2 amide bonds. The van der Waals surface area contributed by atoms with E-state index in [9.17, 15) is 28.1 Å². The van der Waals surface area contributed by atoms with E-state index in [0.717, 1.165) is 53.4 Å². The van der Waals surface area contributed by atoms with Crippen molar-refractivity contribution in [3.8, 4) is 0 Å². The molecule has 3 aromatic rings. The smallest absolute Gasteiger partial charge is 0.271 e. The van der Waals surface area contributed by atoms with Crippen LogP contribution in [0, 0.1) is 10.1 Å². The maximum atomic E-state index is 14.1. The number of carbonyl (C=O) groups is 2. The summed E-state index contributed by atoms with van der Waals surface area (Å²) in [7, 11) is -4.02. The van der Waals surface area contributed by atoms with Crippen LogP contribution in [0.1, 0.15) is 36.8 Å². The van der Waals surface area contributed by atoms with Gasteiger partial charge in [0.2, 0.25) is 21.8 Å². The van der Waals surface area contributed by atoms with E-state index in [0.29, 0.717) is 0 Å². The van der Waals surface area contributed by atoms with Gasteiger partial charge in [-0.25, -0.2) is 8.42 Å². The van der Waals surface area contributed by atoms with Gasteiger partial charge in [-0.3, -0.25) is 24.0 Å². The van der Waals surface area contributed by atoms with Gasteiger partial charge in [-0.1, -0.05) is 79.6 Å². The standard InChI is InChI=1S/C30H34N4O6S/c1-41(39,40)33(26-17-10-18-27(20-26)34(37)38)22-29(35)32(21-24-13-6-3-7-14-24)28(19-23-11-4-2-5-12-23)30(36)31-25-15-8-9-16-25/h2-7,10-14,17-18,20,25,28H,8-9,15-16,19,21-22H2,1H3,(H,31,36)/t28-/m0/s1. The number of non-ortho nitro benzene ring substituents is 1. The van der Waals surface area contributed by atoms with Crippen molar-refractivity contribution in [3.63, 3.8) is 0 Å². The molecule has 1 aliphatic rings. The van der Waals surface area contributed by atoms with E-state index in [1.807, 2.05) is 60.7 Å². The van der Waals surface area contributed by atoms with Crippen LogP contribution in [-0.2, 0) is 32.6 Å². The van der Waals surface area contributed by atoms with Crippen LogP contribution in [0.3, 0.4) is 0 Å². The summed E-state index contributed by atoms with van der Waals surface area (Å²) in [6, 6.07) is 22.8. The number of nitro groups is 1. The Morgan fingerprint density at radius 2 is 1.56 bits per heavy atom. The number of rotatable bonds is 12. The monoisotopic (exact) mass is 578 g/mol. The van der Waals surface area contributed by atoms with Crippen LogP contribution in [0.5, 0.6) is 0 Å². The molecule has 1 atom stereocenters. The zero-order valence-corrected chi connectivity index (χ0v) is 23.7. The lowest BCUT2D eigenvalue weighted by Crippen LogP contribution is -2.54. The van der Waals surface area contributed by atoms with Gasteiger partial charge in [0.1, 0.15) is 12.6 Å². The van der Waals surface area contributed by atoms with Crippen molar-refractivity contribution < 1.29 is 22.9 Å². The molecule has 0 saturated heterocycles. The first-order valence-corrected chi connectivity index (χ1v) is 15.4. The SMILES string of the molecule is CS(=O)(=O)N(CC(=O)N(Cc1ccccc1)[C@@H](Cc1ccccc1)C(=O)NC1CCCC1)c1cccc([N+](=O)[O-])c1. The van der Waals surface area contributed by atoms with Crippen LogP contribution < -0.4 is 9.62 Å². The Labute approximate surface area is 240 Å². The molecule has 10 nitrogen and oxygen atoms in total. The van der Waals surface area contributed by atoms with E-state index < -0.39 is 33.4 Å². The van der Waals surface area contributed by atoms with Crippen molar-refractivity contribution in [2.24, 2.45) is 0 Å². The molecular formula is C30H34N4O6S. The van der Waals surface area contributed by atoms with E-state index in [1.54, 1.807) is 0 Å². The molecule has 41 heavy (non-hydrogen) atoms. The van der Waals surface area contributed by atoms with Crippen LogP contribution >= 0.6 is 0 Å². The first-order valence-electron chi connectivity index (χ1n) is 13.5. The van der Waals surface area contributed by atoms with Gasteiger partial charge in [-0.05, 0) is 30.0 Å². The predicted octanol–water partition coefficient (Wildman–Crippen LogP) is 4.06. The number of hydrogen-bond acceptors (Lipinski definition) is 6. The van der Waals surface area contributed by atoms with Gasteiger partial charge in [0, 0.05) is 31.1 Å². The Balaban J connectivity index is 1.72. The van der Waals surface area contributed by atoms with Crippen LogP contribution in [-0.4, -0.2) is 54.9 Å². The Bertz CT molecular complexity index is 1460. The average Bonchev–Trinajstić information content (AvgIpc) is 3.47. The first kappa shape index (κ1) is 29.7. The van der Waals surface area contributed by atoms with Crippen LogP contribution in [0.25, 0.3) is 0 Å². The van der Waals surface area contributed by atoms with Crippen LogP contribution in [0.15, 0.2) is 84.9 Å². The first-order chi connectivity index (χ1) is 19.6. The third kappa shape index (κ3) is 8.14. The second kappa shape index (κ2) is 13.4. The minimum absolute atomic E-state index is 0.00951. The van der Waals surface area contributed by atoms with Gasteiger partial charge < -0.3 is 10.2 Å². The molecule has 0 unspecified atom stereocenters. The lowest BCUT2D eigenvalue weighted by atomic mass is 10.0. The quantitative estimate of drug-likeness (QED) is 0.255. The molecule has 1 aliphatic carbocycles. The lowest BCUT2D eigenvalue weighted by Gasteiger charge is -2.34. The van der Waals surface area contributed by atoms with Gasteiger partial charge >= 0.3 is 0 Å². The molecule has 0 bridgehead atoms. The van der Waals surface area contributed by atoms with Crippen molar-refractivity contribution in [1.82, 2.24) is 10.2 Å². The Morgan fingerprint density at radius 1 is 0.951 bits per heavy atom. The Kier molecular flexibility index (Phi) is 9.72. The number of amides is 2. The summed E-state index contributed by atoms with van der Waals surface area (Å²) in [5.41, 5.74) is 1.31. The summed E-state index contributed by atoms with van der Waals surface area (Å²) >= 11 is 0. The van der Waals surface area contributed by atoms with Gasteiger partial charge in [0.15, 0.2) is 0 Å². The van der Waals surface area contributed by atoms with Crippen molar-refractivity contribution in [2.75, 3.05) is 17.1 Å². The molecule has 3 aromatic carbocycles. The van der Waals surface area contributed by atoms with Gasteiger partial charge in [0.25, 0.3) is 5.69 Å². The number of nitrogens with zero attached hydrogens (tertiary/aromatic N) is 3. The van der Waals surface area contributed by atoms with Gasteiger partial charge in [0.05, 0.1) is 16.9 Å². The fraction of sp³-hybridized carbons (Fsp3) is 0.333. The summed E-state index contributed by atoms with van der Waals surface area (Å²) in [4.78, 5) is 40.0. The third-order valence-corrected chi connectivity index (χ3v) is 8.32. The number of carbonyl (C=O) groups excluding carboxylic acids is 2. The zero-order valence-electron chi connectivity index (χ0n) is 22.9. The summed E-state index contributed by atoms with van der Waals surface area (Å²) in [5.74, 6) is -0.903. The molecule has 1 saturated carbocycles. The predicted molar refractivity (Wildman–Crippen MR) is 157 cm³/mol. The topological polar surface area (TPSA) is 130 Å². The average molecular weight is 579 g/mol. The number of benzene rings is 3. The number of nitro benzene ring substituents is 1. The number of nitrogens with one attached hydrogen (secondary N) is 1. The van der Waals surface area contributed by atoms with Crippen LogP contribution in [0.4, 0.5) is 11.4 Å². The Hall–Kier alpha value is -4.25. The highest BCUT2D eigenvalue weighted by Gasteiger charge is 2.34. The molecular weight excluding hydrogens is 544 g/mol. The van der Waals surface area contributed by atoms with Crippen molar-refractivity contribution in [1.29, 1.82) is 0 Å². The highest BCUT2D eigenvalue weighted by Crippen LogP contribution is 2.25. The number of sulfonamides is 1. The maximum Gasteiger partial charge on any atom is 0.271 e. The molecule has 0 spiro atoms. The second-order valence-corrected chi connectivity index (χ2v) is 12.2. The summed E-state index contributed by atoms with van der Waals surface area (Å²) in [5, 5.41) is 14.5. The zero-order chi connectivity index (χ0) is 29.4. The van der Waals surface area contributed by atoms with Gasteiger partial charge in [-0.2, -0.15) is 0 Å². The molecule has 0 radical (unpaired) electrons. The molecule has 11 heteroatoms. The summed E-state index contributed by atoms with van der Waals surface area (Å²) < 4.78 is 26.6. The summed E-state index contributed by atoms with van der Waals surface area (Å²) in [6.07, 6.45) is 4.94. The minimum atomic E-state index is -4.02. The minimum Gasteiger partial charge on any atom is -0.352 e. The van der Waals surface area contributed by atoms with Crippen LogP contribution in [0.2, 0.25) is 0 Å². The molecule has 216 valence electrons. The van der Waals surface area contributed by atoms with E-state index in [-0.39, 0.29) is 36.3 Å². The largest absolute Gasteiger partial charge is 0.352 e. The third-order valence-electron chi connectivity index (χ3n) is 7.18. The Morgan fingerprint density at radius 3 is 2.15 bits per heavy atom. The van der Waals surface area contributed by atoms with E-state index in [4.69, 9.17) is 0 Å². The fourth-order valence-electron chi connectivity index (χ4n) is 5.08. The maximum absolute atomic E-state index is 14.1.